The Labute approximate surface area is 207 Å². The van der Waals surface area contributed by atoms with Crippen molar-refractivity contribution >= 4 is 0 Å². The highest BCUT2D eigenvalue weighted by Gasteiger charge is 2.62. The number of hydrogen-bond acceptors (Lipinski definition) is 4. The van der Waals surface area contributed by atoms with Crippen molar-refractivity contribution in [1.29, 1.82) is 0 Å². The van der Waals surface area contributed by atoms with E-state index in [4.69, 9.17) is 0 Å². The van der Waals surface area contributed by atoms with Gasteiger partial charge in [-0.25, -0.2) is 4.79 Å². The zero-order valence-corrected chi connectivity index (χ0v) is 19.9. The van der Waals surface area contributed by atoms with Crippen molar-refractivity contribution in [2.24, 2.45) is 24.3 Å². The van der Waals surface area contributed by atoms with Crippen LogP contribution in [0, 0.1) is 17.3 Å². The smallest absolute Gasteiger partial charge is 0.302 e. The lowest BCUT2D eigenvalue weighted by Gasteiger charge is -2.27. The molecule has 0 radical (unpaired) electrons. The molecule has 0 aromatic carbocycles. The zero-order chi connectivity index (χ0) is 26.8. The van der Waals surface area contributed by atoms with Crippen molar-refractivity contribution in [3.8, 4) is 11.3 Å². The summed E-state index contributed by atoms with van der Waals surface area (Å²) in [6.07, 6.45) is -1.70. The van der Waals surface area contributed by atoms with Crippen molar-refractivity contribution in [2.75, 3.05) is 19.6 Å². The molecular formula is C24H25F6N5O2. The number of rotatable bonds is 6. The molecule has 1 saturated heterocycles. The van der Waals surface area contributed by atoms with Gasteiger partial charge in [0.15, 0.2) is 5.69 Å². The summed E-state index contributed by atoms with van der Waals surface area (Å²) in [7, 11) is 1.29. The van der Waals surface area contributed by atoms with E-state index in [1.165, 1.54) is 30.0 Å². The Morgan fingerprint density at radius 3 is 2.51 bits per heavy atom. The van der Waals surface area contributed by atoms with Crippen LogP contribution in [0.25, 0.3) is 11.3 Å². The van der Waals surface area contributed by atoms with Gasteiger partial charge in [0.2, 0.25) is 0 Å². The molecule has 0 spiro atoms. The van der Waals surface area contributed by atoms with E-state index in [0.717, 1.165) is 30.3 Å². The van der Waals surface area contributed by atoms with Crippen molar-refractivity contribution in [1.82, 2.24) is 24.2 Å². The molecule has 2 fully saturated rings. The van der Waals surface area contributed by atoms with Gasteiger partial charge in [-0.2, -0.15) is 31.4 Å². The zero-order valence-electron chi connectivity index (χ0n) is 19.9. The quantitative estimate of drug-likeness (QED) is 0.579. The summed E-state index contributed by atoms with van der Waals surface area (Å²) in [6, 6.07) is 0.766. The van der Waals surface area contributed by atoms with Gasteiger partial charge < -0.3 is 4.90 Å². The van der Waals surface area contributed by atoms with Gasteiger partial charge in [0, 0.05) is 32.9 Å². The predicted octanol–water partition coefficient (Wildman–Crippen LogP) is 3.73. The molecule has 1 aliphatic heterocycles. The number of aryl methyl sites for hydroxylation is 2. The number of fused-ring (bicyclic) bond motifs is 1. The maximum Gasteiger partial charge on any atom is 0.435 e. The fourth-order valence-electron chi connectivity index (χ4n) is 5.81. The van der Waals surface area contributed by atoms with E-state index in [0.29, 0.717) is 25.3 Å². The second-order valence-corrected chi connectivity index (χ2v) is 10.1. The third-order valence-corrected chi connectivity index (χ3v) is 7.77. The van der Waals surface area contributed by atoms with E-state index >= 15 is 0 Å². The molecular weight excluding hydrogens is 504 g/mol. The van der Waals surface area contributed by atoms with Crippen LogP contribution in [0.5, 0.6) is 0 Å². The number of alkyl halides is 6. The summed E-state index contributed by atoms with van der Waals surface area (Å²) < 4.78 is 80.0. The van der Waals surface area contributed by atoms with Crippen LogP contribution < -0.4 is 11.2 Å². The lowest BCUT2D eigenvalue weighted by atomic mass is 9.82. The highest BCUT2D eigenvalue weighted by atomic mass is 19.4. The first-order valence-electron chi connectivity index (χ1n) is 11.9. The molecule has 3 atom stereocenters. The van der Waals surface area contributed by atoms with Crippen molar-refractivity contribution in [3.05, 3.63) is 62.6 Å². The molecule has 0 bridgehead atoms. The lowest BCUT2D eigenvalue weighted by Crippen LogP contribution is -2.33. The van der Waals surface area contributed by atoms with Gasteiger partial charge in [0.25, 0.3) is 5.56 Å². The molecule has 0 amide bonds. The first-order valence-corrected chi connectivity index (χ1v) is 11.9. The predicted molar refractivity (Wildman–Crippen MR) is 122 cm³/mol. The molecule has 1 unspecified atom stereocenters. The molecule has 7 nitrogen and oxygen atoms in total. The molecule has 1 N–H and O–H groups in total. The maximum atomic E-state index is 13.0. The summed E-state index contributed by atoms with van der Waals surface area (Å²) >= 11 is 0. The summed E-state index contributed by atoms with van der Waals surface area (Å²) in [4.78, 5) is 29.0. The van der Waals surface area contributed by atoms with Crippen molar-refractivity contribution in [3.63, 3.8) is 0 Å². The van der Waals surface area contributed by atoms with Gasteiger partial charge in [-0.15, -0.1) is 0 Å². The highest BCUT2D eigenvalue weighted by molar-refractivity contribution is 5.57. The number of aromatic amines is 1. The van der Waals surface area contributed by atoms with Crippen LogP contribution in [-0.4, -0.2) is 50.0 Å². The average Bonchev–Trinajstić information content (AvgIpc) is 3.15. The lowest BCUT2D eigenvalue weighted by molar-refractivity contribution is -0.141. The fraction of sp³-hybridized carbons (Fsp3) is 0.542. The Morgan fingerprint density at radius 2 is 1.89 bits per heavy atom. The topological polar surface area (TPSA) is 75.9 Å². The Kier molecular flexibility index (Phi) is 6.04. The van der Waals surface area contributed by atoms with Crippen molar-refractivity contribution < 1.29 is 26.3 Å². The summed E-state index contributed by atoms with van der Waals surface area (Å²) in [5, 5.41) is 3.42. The van der Waals surface area contributed by atoms with E-state index in [1.54, 1.807) is 6.08 Å². The number of likely N-dealkylation sites (tertiary alicyclic amines) is 1. The van der Waals surface area contributed by atoms with Crippen LogP contribution in [0.2, 0.25) is 0 Å². The third-order valence-electron chi connectivity index (χ3n) is 7.77. The summed E-state index contributed by atoms with van der Waals surface area (Å²) in [5.41, 5.74) is -3.37. The molecule has 3 heterocycles. The summed E-state index contributed by atoms with van der Waals surface area (Å²) in [5.74, 6) is 0.497. The molecule has 1 saturated carbocycles. The monoisotopic (exact) mass is 529 g/mol. The van der Waals surface area contributed by atoms with Crippen LogP contribution in [0.3, 0.4) is 0 Å². The SMILES string of the molecule is Cn1nc(C(F)(F)F)cc1-c1cn(CCCN2C[C@@H]3C[C@]3(C3C=CC(C(F)(F)F)=CC3)C2)c(=O)[nH]c1=O. The molecule has 37 heavy (non-hydrogen) atoms. The molecule has 200 valence electrons. The first kappa shape index (κ1) is 25.6. The standard InChI is InChI=1S/C24H25F6N5O2/c1-33-18(9-19(32-33)24(28,29)30)17-12-35(21(37)31-20(17)36)8-2-7-34-11-16-10-22(16,13-34)14-3-5-15(6-4-14)23(25,26)27/h3,5-6,9,12,14,16H,2,4,7-8,10-11,13H2,1H3,(H,31,36,37)/t14?,16-,22+/m0/s1. The number of nitrogens with one attached hydrogen (secondary N) is 1. The Balaban J connectivity index is 1.22. The van der Waals surface area contributed by atoms with E-state index in [2.05, 4.69) is 15.0 Å². The first-order chi connectivity index (χ1) is 17.3. The number of halogens is 6. The van der Waals surface area contributed by atoms with Gasteiger partial charge in [0.05, 0.1) is 16.8 Å². The van der Waals surface area contributed by atoms with Crippen LogP contribution in [0.1, 0.15) is 25.0 Å². The second kappa shape index (κ2) is 8.74. The average molecular weight is 529 g/mol. The largest absolute Gasteiger partial charge is 0.435 e. The Hall–Kier alpha value is -3.09. The van der Waals surface area contributed by atoms with E-state index in [9.17, 15) is 35.9 Å². The molecule has 2 aromatic rings. The van der Waals surface area contributed by atoms with E-state index < -0.39 is 34.9 Å². The van der Waals surface area contributed by atoms with Gasteiger partial charge in [0.1, 0.15) is 0 Å². The number of allylic oxidation sites excluding steroid dienone is 4. The number of H-pyrrole nitrogens is 1. The number of piperidine rings is 1. The number of nitrogens with zero attached hydrogens (tertiary/aromatic N) is 4. The fourth-order valence-corrected chi connectivity index (χ4v) is 5.81. The molecule has 2 aromatic heterocycles. The van der Waals surface area contributed by atoms with Gasteiger partial charge in [-0.05, 0) is 49.1 Å². The van der Waals surface area contributed by atoms with Crippen LogP contribution in [0.4, 0.5) is 26.3 Å². The van der Waals surface area contributed by atoms with Gasteiger partial charge in [-0.1, -0.05) is 18.2 Å². The van der Waals surface area contributed by atoms with Crippen LogP contribution in [-0.2, 0) is 19.8 Å². The van der Waals surface area contributed by atoms with Crippen molar-refractivity contribution in [2.45, 2.75) is 38.2 Å². The second-order valence-electron chi connectivity index (χ2n) is 10.1. The minimum Gasteiger partial charge on any atom is -0.302 e. The normalized spacial score (nSPS) is 25.9. The maximum absolute atomic E-state index is 13.0. The Bertz CT molecular complexity index is 1380. The molecule has 2 aliphatic carbocycles. The number of aromatic nitrogens is 4. The minimum atomic E-state index is -4.67. The minimum absolute atomic E-state index is 0.0121. The summed E-state index contributed by atoms with van der Waals surface area (Å²) in [6.45, 7) is 2.48. The van der Waals surface area contributed by atoms with Gasteiger partial charge in [-0.3, -0.25) is 19.0 Å². The molecule has 3 aliphatic rings. The number of hydrogen-bond donors (Lipinski definition) is 1. The van der Waals surface area contributed by atoms with Crippen LogP contribution in [0.15, 0.2) is 45.7 Å². The Morgan fingerprint density at radius 1 is 1.14 bits per heavy atom. The third kappa shape index (κ3) is 4.80. The van der Waals surface area contributed by atoms with Crippen LogP contribution >= 0.6 is 0 Å². The van der Waals surface area contributed by atoms with E-state index in [-0.39, 0.29) is 29.1 Å². The molecule has 13 heteroatoms. The van der Waals surface area contributed by atoms with E-state index in [1.807, 2.05) is 0 Å². The van der Waals surface area contributed by atoms with Gasteiger partial charge >= 0.3 is 18.0 Å². The highest BCUT2D eigenvalue weighted by Crippen LogP contribution is 2.64. The molecule has 5 rings (SSSR count).